The van der Waals surface area contributed by atoms with Crippen molar-refractivity contribution in [1.82, 2.24) is 0 Å². The van der Waals surface area contributed by atoms with Gasteiger partial charge in [-0.3, -0.25) is 0 Å². The minimum atomic E-state index is 0.691. The number of rotatable bonds is 9. The molecule has 0 aliphatic heterocycles. The number of hydrogen-bond donors (Lipinski definition) is 0. The van der Waals surface area contributed by atoms with Gasteiger partial charge in [0.05, 0.1) is 39.6 Å². The number of ether oxygens (including phenoxy) is 6. The second-order valence-electron chi connectivity index (χ2n) is 3.00. The van der Waals surface area contributed by atoms with Crippen molar-refractivity contribution in [3.05, 3.63) is 0 Å². The molecule has 0 aromatic rings. The van der Waals surface area contributed by atoms with E-state index < -0.39 is 0 Å². The second kappa shape index (κ2) is 43.3. The fourth-order valence-corrected chi connectivity index (χ4v) is 0.500. The zero-order chi connectivity index (χ0) is 17.2. The summed E-state index contributed by atoms with van der Waals surface area (Å²) in [5.41, 5.74) is 0. The van der Waals surface area contributed by atoms with Gasteiger partial charge in [-0.1, -0.05) is 0 Å². The molecule has 0 N–H and O–H groups in total. The molecular weight excluding hydrogens is 663 g/mol. The van der Waals surface area contributed by atoms with Crippen LogP contribution >= 0.6 is 30.5 Å². The van der Waals surface area contributed by atoms with E-state index in [1.807, 2.05) is 0 Å². The summed E-state index contributed by atoms with van der Waals surface area (Å²) >= 11 is 5.46. The van der Waals surface area contributed by atoms with E-state index in [9.17, 15) is 0 Å². The molecule has 0 bridgehead atoms. The van der Waals surface area contributed by atoms with Crippen molar-refractivity contribution in [2.24, 2.45) is 0 Å². The van der Waals surface area contributed by atoms with Gasteiger partial charge < -0.3 is 28.4 Å². The van der Waals surface area contributed by atoms with Crippen LogP contribution in [0.15, 0.2) is 0 Å². The summed E-state index contributed by atoms with van der Waals surface area (Å²) in [7, 11) is 9.91. The van der Waals surface area contributed by atoms with E-state index in [4.69, 9.17) is 0 Å². The normalized spacial score (nSPS) is 8.76. The van der Waals surface area contributed by atoms with Gasteiger partial charge >= 0.3 is 53.2 Å². The standard InChI is InChI=1S/3C4H10O2.2HI.Tm/c3*1-5-3-4-6-2;;;/h3*3-4H2,1-2H3;2*1H;/q;;;;;+2/p-2. The summed E-state index contributed by atoms with van der Waals surface area (Å²) in [6.45, 7) is 4.15. The average Bonchev–Trinajstić information content (AvgIpc) is 2.51. The Balaban J connectivity index is -0.0000000944. The third-order valence-corrected chi connectivity index (χ3v) is 1.47. The summed E-state index contributed by atoms with van der Waals surface area (Å²) in [4.78, 5) is 0. The monoisotopic (exact) mass is 693 g/mol. The van der Waals surface area contributed by atoms with E-state index in [0.717, 1.165) is 22.8 Å². The van der Waals surface area contributed by atoms with Gasteiger partial charge in [-0.15, -0.1) is 0 Å². The molecule has 0 rings (SSSR count). The molecule has 0 saturated heterocycles. The topological polar surface area (TPSA) is 55.4 Å². The van der Waals surface area contributed by atoms with Gasteiger partial charge in [0.15, 0.2) is 0 Å². The second-order valence-corrected chi connectivity index (χ2v) is 16.2. The van der Waals surface area contributed by atoms with E-state index in [-0.39, 0.29) is 0 Å². The van der Waals surface area contributed by atoms with E-state index in [0.29, 0.717) is 39.6 Å². The zero-order valence-electron chi connectivity index (χ0n) is 13.7. The van der Waals surface area contributed by atoms with Crippen molar-refractivity contribution < 1.29 is 51.2 Å². The first-order chi connectivity index (χ1) is 10.2. The van der Waals surface area contributed by atoms with Crippen LogP contribution in [0.4, 0.5) is 0 Å². The van der Waals surface area contributed by atoms with E-state index in [2.05, 4.69) is 58.9 Å². The van der Waals surface area contributed by atoms with Gasteiger partial charge in [-0.05, 0) is 0 Å². The summed E-state index contributed by atoms with van der Waals surface area (Å²) in [5.74, 6) is 0. The number of hydrogen-bond acceptors (Lipinski definition) is 6. The molecule has 0 unspecified atom stereocenters. The van der Waals surface area contributed by atoms with Gasteiger partial charge in [0.25, 0.3) is 0 Å². The molecule has 0 heterocycles. The Kier molecular flexibility index (Phi) is 64.4. The molecule has 0 saturated carbocycles. The first-order valence-electron chi connectivity index (χ1n) is 5.89. The Hall–Kier alpha value is 2.45. The first kappa shape index (κ1) is 31.2. The molecule has 21 heavy (non-hydrogen) atoms. The van der Waals surface area contributed by atoms with Crippen LogP contribution in [0.3, 0.4) is 0 Å². The molecule has 9 heteroatoms. The van der Waals surface area contributed by atoms with Gasteiger partial charge in [0.2, 0.25) is 0 Å². The molecule has 6 nitrogen and oxygen atoms in total. The Morgan fingerprint density at radius 1 is 0.476 bits per heavy atom. The van der Waals surface area contributed by atoms with Crippen molar-refractivity contribution in [3.63, 3.8) is 0 Å². The SMILES string of the molecule is COCCOC.COCCOC.COCCOC.[I][Tm][I]. The molecule has 0 aliphatic rings. The van der Waals surface area contributed by atoms with Crippen molar-refractivity contribution in [1.29, 1.82) is 0 Å². The Morgan fingerprint density at radius 3 is 0.619 bits per heavy atom. The number of methoxy groups -OCH3 is 6. The minimum absolute atomic E-state index is 0.691. The third-order valence-electron chi connectivity index (χ3n) is 1.47. The molecular formula is C12H30I2O6Tm. The molecule has 141 valence electrons. The quantitative estimate of drug-likeness (QED) is 0.274. The van der Waals surface area contributed by atoms with Crippen molar-refractivity contribution in [2.45, 2.75) is 0 Å². The van der Waals surface area contributed by atoms with Crippen molar-refractivity contribution in [2.75, 3.05) is 82.3 Å². The van der Waals surface area contributed by atoms with E-state index in [1.54, 1.807) is 42.7 Å². The van der Waals surface area contributed by atoms with Crippen molar-refractivity contribution in [3.8, 4) is 0 Å². The predicted molar refractivity (Wildman–Crippen MR) is 99.3 cm³/mol. The molecule has 0 radical (unpaired) electrons. The van der Waals surface area contributed by atoms with Gasteiger partial charge in [0, 0.05) is 42.7 Å². The molecule has 0 fully saturated rings. The molecule has 0 amide bonds. The van der Waals surface area contributed by atoms with Crippen LogP contribution < -0.4 is 0 Å². The summed E-state index contributed by atoms with van der Waals surface area (Å²) in [5, 5.41) is 0. The van der Waals surface area contributed by atoms with Gasteiger partial charge in [-0.25, -0.2) is 0 Å². The molecule has 0 aromatic carbocycles. The van der Waals surface area contributed by atoms with Crippen LogP contribution in [0.5, 0.6) is 0 Å². The van der Waals surface area contributed by atoms with E-state index >= 15 is 0 Å². The molecule has 0 atom stereocenters. The molecule has 0 aliphatic carbocycles. The maximum absolute atomic E-state index is 4.66. The summed E-state index contributed by atoms with van der Waals surface area (Å²) in [6, 6.07) is 0. The maximum atomic E-state index is 4.66. The summed E-state index contributed by atoms with van der Waals surface area (Å²) in [6.07, 6.45) is 0. The third kappa shape index (κ3) is 71.6. The van der Waals surface area contributed by atoms with Crippen LogP contribution in [0.1, 0.15) is 0 Å². The van der Waals surface area contributed by atoms with Crippen LogP contribution in [0.25, 0.3) is 0 Å². The molecule has 0 spiro atoms. The first-order valence-corrected chi connectivity index (χ1v) is 16.1. The average molecular weight is 693 g/mol. The number of halogens is 2. The fourth-order valence-electron chi connectivity index (χ4n) is 0.500. The predicted octanol–water partition coefficient (Wildman–Crippen LogP) is 2.61. The fraction of sp³-hybridized carbons (Fsp3) is 1.00. The zero-order valence-corrected chi connectivity index (χ0v) is 19.8. The van der Waals surface area contributed by atoms with Crippen LogP contribution in [-0.2, 0) is 28.4 Å². The van der Waals surface area contributed by atoms with Gasteiger partial charge in [0.1, 0.15) is 0 Å². The van der Waals surface area contributed by atoms with Crippen LogP contribution in [0, 0.1) is 22.8 Å². The van der Waals surface area contributed by atoms with E-state index in [1.165, 1.54) is 0 Å². The Labute approximate surface area is 161 Å². The van der Waals surface area contributed by atoms with Gasteiger partial charge in [-0.2, -0.15) is 0 Å². The Bertz CT molecular complexity index is 96.9. The molecule has 0 aromatic heterocycles. The Morgan fingerprint density at radius 2 is 0.571 bits per heavy atom. The van der Waals surface area contributed by atoms with Crippen molar-refractivity contribution >= 4 is 30.5 Å². The van der Waals surface area contributed by atoms with Crippen LogP contribution in [0.2, 0.25) is 0 Å². The summed E-state index contributed by atoms with van der Waals surface area (Å²) < 4.78 is 27.9. The van der Waals surface area contributed by atoms with Crippen LogP contribution in [-0.4, -0.2) is 82.3 Å².